The van der Waals surface area contributed by atoms with Gasteiger partial charge in [-0.05, 0) is 62.2 Å². The number of halogens is 3. The molecule has 0 aliphatic heterocycles. The molecule has 0 heterocycles. The van der Waals surface area contributed by atoms with E-state index in [1.165, 1.54) is 6.07 Å². The molecular weight excluding hydrogens is 391 g/mol. The Labute approximate surface area is 132 Å². The molecule has 20 heavy (non-hydrogen) atoms. The second-order valence-corrected chi connectivity index (χ2v) is 5.52. The zero-order chi connectivity index (χ0) is 14.7. The van der Waals surface area contributed by atoms with Crippen LogP contribution in [-0.4, -0.2) is 7.11 Å². The van der Waals surface area contributed by atoms with Crippen molar-refractivity contribution in [3.63, 3.8) is 0 Å². The summed E-state index contributed by atoms with van der Waals surface area (Å²) in [5.74, 6) is 0.188. The van der Waals surface area contributed by atoms with E-state index in [9.17, 15) is 4.39 Å². The van der Waals surface area contributed by atoms with Crippen LogP contribution in [0.25, 0.3) is 0 Å². The quantitative estimate of drug-likeness (QED) is 0.791. The van der Waals surface area contributed by atoms with E-state index >= 15 is 0 Å². The highest BCUT2D eigenvalue weighted by atomic mass is 79.9. The molecule has 0 saturated carbocycles. The molecule has 2 aromatic carbocycles. The van der Waals surface area contributed by atoms with Crippen LogP contribution in [0.5, 0.6) is 5.75 Å². The van der Waals surface area contributed by atoms with E-state index in [1.54, 1.807) is 31.4 Å². The van der Waals surface area contributed by atoms with Crippen molar-refractivity contribution in [2.24, 2.45) is 0 Å². The minimum atomic E-state index is -0.504. The minimum Gasteiger partial charge on any atom is -0.496 e. The average molecular weight is 400 g/mol. The summed E-state index contributed by atoms with van der Waals surface area (Å²) in [6.07, 6.45) is 0. The molecule has 102 valence electrons. The van der Waals surface area contributed by atoms with Gasteiger partial charge in [0.05, 0.1) is 27.3 Å². The molecular formula is C14H9Br2FN2O. The number of ether oxygens (including phenoxy) is 1. The van der Waals surface area contributed by atoms with E-state index in [4.69, 9.17) is 10.00 Å². The lowest BCUT2D eigenvalue weighted by molar-refractivity contribution is 0.412. The van der Waals surface area contributed by atoms with Gasteiger partial charge in [-0.15, -0.1) is 0 Å². The number of nitrogens with one attached hydrogen (secondary N) is 1. The van der Waals surface area contributed by atoms with Gasteiger partial charge in [-0.2, -0.15) is 5.26 Å². The third-order valence-electron chi connectivity index (χ3n) is 2.63. The van der Waals surface area contributed by atoms with Crippen LogP contribution in [0.15, 0.2) is 39.3 Å². The molecule has 0 spiro atoms. The maximum Gasteiger partial charge on any atom is 0.162 e. The molecule has 0 amide bonds. The van der Waals surface area contributed by atoms with Crippen LogP contribution < -0.4 is 10.1 Å². The van der Waals surface area contributed by atoms with E-state index in [1.807, 2.05) is 6.07 Å². The Hall–Kier alpha value is -1.58. The molecule has 2 rings (SSSR count). The molecule has 0 atom stereocenters. The Kier molecular flexibility index (Phi) is 4.63. The van der Waals surface area contributed by atoms with Crippen LogP contribution in [0, 0.1) is 17.1 Å². The summed E-state index contributed by atoms with van der Waals surface area (Å²) in [7, 11) is 1.57. The molecule has 3 nitrogen and oxygen atoms in total. The number of hydrogen-bond acceptors (Lipinski definition) is 3. The van der Waals surface area contributed by atoms with Crippen molar-refractivity contribution < 1.29 is 9.13 Å². The second kappa shape index (κ2) is 6.25. The van der Waals surface area contributed by atoms with Gasteiger partial charge in [-0.1, -0.05) is 0 Å². The molecule has 6 heteroatoms. The zero-order valence-electron chi connectivity index (χ0n) is 10.4. The van der Waals surface area contributed by atoms with Gasteiger partial charge in [0.25, 0.3) is 0 Å². The molecule has 0 radical (unpaired) electrons. The molecule has 2 aromatic rings. The number of anilines is 2. The molecule has 0 saturated heterocycles. The fourth-order valence-corrected chi connectivity index (χ4v) is 2.61. The topological polar surface area (TPSA) is 45.0 Å². The third kappa shape index (κ3) is 2.94. The largest absolute Gasteiger partial charge is 0.496 e. The smallest absolute Gasteiger partial charge is 0.162 e. The first-order valence-electron chi connectivity index (χ1n) is 5.55. The molecule has 0 bridgehead atoms. The number of benzene rings is 2. The normalized spacial score (nSPS) is 9.95. The van der Waals surface area contributed by atoms with E-state index in [0.717, 1.165) is 4.47 Å². The predicted molar refractivity (Wildman–Crippen MR) is 82.8 cm³/mol. The fourth-order valence-electron chi connectivity index (χ4n) is 1.63. The van der Waals surface area contributed by atoms with Crippen LogP contribution in [0.4, 0.5) is 15.8 Å². The van der Waals surface area contributed by atoms with Gasteiger partial charge in [-0.25, -0.2) is 4.39 Å². The highest BCUT2D eigenvalue weighted by Gasteiger charge is 2.11. The van der Waals surface area contributed by atoms with Gasteiger partial charge in [0.1, 0.15) is 11.8 Å². The summed E-state index contributed by atoms with van der Waals surface area (Å²) in [4.78, 5) is 0. The molecule has 0 fully saturated rings. The maximum absolute atomic E-state index is 14.1. The second-order valence-electron chi connectivity index (χ2n) is 3.87. The van der Waals surface area contributed by atoms with Crippen LogP contribution >= 0.6 is 31.9 Å². The Morgan fingerprint density at radius 2 is 2.00 bits per heavy atom. The van der Waals surface area contributed by atoms with E-state index in [-0.39, 0.29) is 15.7 Å². The Balaban J connectivity index is 2.34. The summed E-state index contributed by atoms with van der Waals surface area (Å²) >= 11 is 6.44. The monoisotopic (exact) mass is 398 g/mol. The van der Waals surface area contributed by atoms with Crippen molar-refractivity contribution in [1.29, 1.82) is 5.26 Å². The van der Waals surface area contributed by atoms with Crippen molar-refractivity contribution >= 4 is 43.2 Å². The molecule has 1 N–H and O–H groups in total. The van der Waals surface area contributed by atoms with Gasteiger partial charge in [0.15, 0.2) is 5.82 Å². The third-order valence-corrected chi connectivity index (χ3v) is 4.03. The minimum absolute atomic E-state index is 0.151. The first-order valence-corrected chi connectivity index (χ1v) is 7.14. The summed E-state index contributed by atoms with van der Waals surface area (Å²) in [5.41, 5.74) is 1.24. The van der Waals surface area contributed by atoms with Crippen LogP contribution in [0.3, 0.4) is 0 Å². The van der Waals surface area contributed by atoms with Gasteiger partial charge in [0.2, 0.25) is 0 Å². The van der Waals surface area contributed by atoms with Crippen LogP contribution in [0.1, 0.15) is 5.56 Å². The number of rotatable bonds is 3. The molecule has 0 aliphatic carbocycles. The lowest BCUT2D eigenvalue weighted by Gasteiger charge is -2.11. The first kappa shape index (κ1) is 14.8. The average Bonchev–Trinajstić information content (AvgIpc) is 2.44. The fraction of sp³-hybridized carbons (Fsp3) is 0.0714. The summed E-state index contributed by atoms with van der Waals surface area (Å²) in [6.45, 7) is 0. The van der Waals surface area contributed by atoms with Crippen LogP contribution in [0.2, 0.25) is 0 Å². The summed E-state index contributed by atoms with van der Waals surface area (Å²) in [6, 6.07) is 10.3. The van der Waals surface area contributed by atoms with Crippen molar-refractivity contribution in [2.75, 3.05) is 12.4 Å². The van der Waals surface area contributed by atoms with Crippen molar-refractivity contribution in [3.8, 4) is 11.8 Å². The van der Waals surface area contributed by atoms with Crippen molar-refractivity contribution in [1.82, 2.24) is 0 Å². The van der Waals surface area contributed by atoms with E-state index in [2.05, 4.69) is 37.2 Å². The zero-order valence-corrected chi connectivity index (χ0v) is 13.5. The standard InChI is InChI=1S/C14H9Br2FN2O/c1-20-12-5-3-9(6-10(12)15)19-11-4-2-8(7-18)13(16)14(11)17/h2-6,19H,1H3. The number of hydrogen-bond donors (Lipinski definition) is 1. The lowest BCUT2D eigenvalue weighted by Crippen LogP contribution is -1.96. The highest BCUT2D eigenvalue weighted by Crippen LogP contribution is 2.32. The van der Waals surface area contributed by atoms with Gasteiger partial charge < -0.3 is 10.1 Å². The first-order chi connectivity index (χ1) is 9.56. The van der Waals surface area contributed by atoms with E-state index < -0.39 is 5.82 Å². The van der Waals surface area contributed by atoms with Gasteiger partial charge in [0, 0.05) is 5.69 Å². The summed E-state index contributed by atoms with van der Waals surface area (Å²) in [5, 5.41) is 11.8. The maximum atomic E-state index is 14.1. The highest BCUT2D eigenvalue weighted by molar-refractivity contribution is 9.10. The number of methoxy groups -OCH3 is 1. The van der Waals surface area contributed by atoms with Gasteiger partial charge in [-0.3, -0.25) is 0 Å². The molecule has 0 unspecified atom stereocenters. The molecule has 0 aromatic heterocycles. The molecule has 0 aliphatic rings. The Morgan fingerprint density at radius 3 is 2.60 bits per heavy atom. The lowest BCUT2D eigenvalue weighted by atomic mass is 10.2. The van der Waals surface area contributed by atoms with Crippen molar-refractivity contribution in [3.05, 3.63) is 50.7 Å². The number of nitriles is 1. The SMILES string of the molecule is COc1ccc(Nc2ccc(C#N)c(Br)c2F)cc1Br. The predicted octanol–water partition coefficient (Wildman–Crippen LogP) is 4.97. The van der Waals surface area contributed by atoms with Crippen LogP contribution in [-0.2, 0) is 0 Å². The Bertz CT molecular complexity index is 698. The van der Waals surface area contributed by atoms with Crippen molar-refractivity contribution in [2.45, 2.75) is 0 Å². The van der Waals surface area contributed by atoms with Gasteiger partial charge >= 0.3 is 0 Å². The summed E-state index contributed by atoms with van der Waals surface area (Å²) < 4.78 is 20.1. The Morgan fingerprint density at radius 1 is 1.25 bits per heavy atom. The number of nitrogens with zero attached hydrogens (tertiary/aromatic N) is 1. The van der Waals surface area contributed by atoms with E-state index in [0.29, 0.717) is 11.4 Å².